The summed E-state index contributed by atoms with van der Waals surface area (Å²) in [5.74, 6) is -0.291. The van der Waals surface area contributed by atoms with Gasteiger partial charge in [0.05, 0.1) is 11.0 Å². The lowest BCUT2D eigenvalue weighted by Crippen LogP contribution is -2.43. The van der Waals surface area contributed by atoms with Gasteiger partial charge in [-0.3, -0.25) is 9.36 Å². The first-order valence-corrected chi connectivity index (χ1v) is 6.86. The van der Waals surface area contributed by atoms with Gasteiger partial charge < -0.3 is 11.1 Å². The highest BCUT2D eigenvalue weighted by atomic mass is 19.1. The summed E-state index contributed by atoms with van der Waals surface area (Å²) < 4.78 is 15.2. The van der Waals surface area contributed by atoms with Crippen LogP contribution in [0.15, 0.2) is 12.1 Å². The van der Waals surface area contributed by atoms with Crippen LogP contribution in [0.2, 0.25) is 0 Å². The molecule has 0 spiro atoms. The number of carbonyl (C=O) groups excluding carboxylic acids is 1. The number of nitrogens with two attached hydrogens (primary N) is 1. The first kappa shape index (κ1) is 15.3. The molecule has 0 aliphatic heterocycles. The van der Waals surface area contributed by atoms with Crippen LogP contribution in [0.5, 0.6) is 0 Å². The number of hydrogen-bond acceptors (Lipinski definition) is 3. The zero-order valence-corrected chi connectivity index (χ0v) is 13.0. The quantitative estimate of drug-likeness (QED) is 0.893. The monoisotopic (exact) mass is 292 g/mol. The Morgan fingerprint density at radius 3 is 2.62 bits per heavy atom. The van der Waals surface area contributed by atoms with Crippen molar-refractivity contribution in [3.05, 3.63) is 23.5 Å². The van der Waals surface area contributed by atoms with Crippen LogP contribution >= 0.6 is 0 Å². The van der Waals surface area contributed by atoms with E-state index in [1.807, 2.05) is 20.8 Å². The number of imidazole rings is 1. The molecule has 114 valence electrons. The minimum absolute atomic E-state index is 0.157. The number of aromatic nitrogens is 2. The van der Waals surface area contributed by atoms with Crippen molar-refractivity contribution >= 4 is 22.9 Å². The molecule has 1 atom stereocenters. The van der Waals surface area contributed by atoms with E-state index < -0.39 is 6.04 Å². The van der Waals surface area contributed by atoms with E-state index in [0.717, 1.165) is 0 Å². The van der Waals surface area contributed by atoms with Crippen molar-refractivity contribution in [1.29, 1.82) is 0 Å². The van der Waals surface area contributed by atoms with Crippen molar-refractivity contribution in [1.82, 2.24) is 14.9 Å². The van der Waals surface area contributed by atoms with Gasteiger partial charge in [0, 0.05) is 11.6 Å². The second-order valence-corrected chi connectivity index (χ2v) is 6.35. The molecule has 0 bridgehead atoms. The van der Waals surface area contributed by atoms with Gasteiger partial charge in [-0.05, 0) is 46.2 Å². The van der Waals surface area contributed by atoms with Crippen LogP contribution in [0.4, 0.5) is 10.3 Å². The van der Waals surface area contributed by atoms with Gasteiger partial charge in [-0.1, -0.05) is 0 Å². The van der Waals surface area contributed by atoms with Crippen LogP contribution in [-0.2, 0) is 4.79 Å². The molecule has 0 saturated carbocycles. The van der Waals surface area contributed by atoms with Crippen LogP contribution in [0.25, 0.3) is 11.0 Å². The highest BCUT2D eigenvalue weighted by Gasteiger charge is 2.24. The summed E-state index contributed by atoms with van der Waals surface area (Å²) >= 11 is 0. The largest absolute Gasteiger partial charge is 0.369 e. The summed E-state index contributed by atoms with van der Waals surface area (Å²) in [5.41, 5.74) is 7.17. The molecule has 0 saturated heterocycles. The number of hydrogen-bond donors (Lipinski definition) is 2. The highest BCUT2D eigenvalue weighted by molar-refractivity contribution is 5.86. The van der Waals surface area contributed by atoms with Crippen LogP contribution < -0.4 is 11.1 Å². The number of aryl methyl sites for hydroxylation is 1. The lowest BCUT2D eigenvalue weighted by atomic mass is 10.1. The number of anilines is 1. The first-order chi connectivity index (χ1) is 9.60. The molecule has 1 heterocycles. The van der Waals surface area contributed by atoms with Gasteiger partial charge in [0.1, 0.15) is 11.9 Å². The number of halogens is 1. The van der Waals surface area contributed by atoms with E-state index in [1.54, 1.807) is 24.5 Å². The highest BCUT2D eigenvalue weighted by Crippen LogP contribution is 2.25. The number of rotatable bonds is 2. The van der Waals surface area contributed by atoms with E-state index in [2.05, 4.69) is 10.3 Å². The summed E-state index contributed by atoms with van der Waals surface area (Å²) in [7, 11) is 0. The molecule has 2 aromatic rings. The minimum Gasteiger partial charge on any atom is -0.369 e. The van der Waals surface area contributed by atoms with Crippen LogP contribution in [0.3, 0.4) is 0 Å². The Hall–Kier alpha value is -2.11. The maximum atomic E-state index is 13.6. The molecule has 21 heavy (non-hydrogen) atoms. The number of carbonyl (C=O) groups is 1. The van der Waals surface area contributed by atoms with Gasteiger partial charge in [0.15, 0.2) is 0 Å². The number of benzene rings is 1. The first-order valence-electron chi connectivity index (χ1n) is 6.86. The molecule has 1 unspecified atom stereocenters. The van der Waals surface area contributed by atoms with Gasteiger partial charge in [0.2, 0.25) is 11.9 Å². The molecule has 0 radical (unpaired) electrons. The van der Waals surface area contributed by atoms with E-state index >= 15 is 0 Å². The zero-order chi connectivity index (χ0) is 15.9. The Morgan fingerprint density at radius 1 is 1.43 bits per heavy atom. The van der Waals surface area contributed by atoms with Crippen molar-refractivity contribution in [2.24, 2.45) is 0 Å². The molecule has 5 nitrogen and oxygen atoms in total. The summed E-state index contributed by atoms with van der Waals surface area (Å²) in [6, 6.07) is 2.47. The molecule has 0 fully saturated rings. The standard InChI is InChI=1S/C15H21FN4O/c1-8-6-12-11(7-10(8)16)18-14(17)20(12)9(2)13(21)19-15(3,4)5/h6-7,9H,1-5H3,(H2,17,18)(H,19,21). The average Bonchev–Trinajstić information content (AvgIpc) is 2.62. The molecule has 1 aromatic heterocycles. The van der Waals surface area contributed by atoms with Gasteiger partial charge in [-0.15, -0.1) is 0 Å². The molecule has 6 heteroatoms. The van der Waals surface area contributed by atoms with Crippen LogP contribution in [-0.4, -0.2) is 21.0 Å². The predicted molar refractivity (Wildman–Crippen MR) is 81.4 cm³/mol. The lowest BCUT2D eigenvalue weighted by Gasteiger charge is -2.24. The Morgan fingerprint density at radius 2 is 2.05 bits per heavy atom. The van der Waals surface area contributed by atoms with Gasteiger partial charge in [-0.25, -0.2) is 9.37 Å². The Labute approximate surface area is 123 Å². The van der Waals surface area contributed by atoms with Crippen LogP contribution in [0.1, 0.15) is 39.3 Å². The van der Waals surface area contributed by atoms with E-state index in [0.29, 0.717) is 16.6 Å². The van der Waals surface area contributed by atoms with Crippen molar-refractivity contribution in [2.45, 2.75) is 46.2 Å². The second-order valence-electron chi connectivity index (χ2n) is 6.35. The smallest absolute Gasteiger partial charge is 0.243 e. The number of fused-ring (bicyclic) bond motifs is 1. The molecular formula is C15H21FN4O. The third-order valence-electron chi connectivity index (χ3n) is 3.26. The maximum Gasteiger partial charge on any atom is 0.243 e. The van der Waals surface area contributed by atoms with E-state index in [1.165, 1.54) is 6.07 Å². The molecule has 0 aliphatic rings. The fourth-order valence-corrected chi connectivity index (χ4v) is 2.24. The topological polar surface area (TPSA) is 72.9 Å². The van der Waals surface area contributed by atoms with Crippen molar-refractivity contribution < 1.29 is 9.18 Å². The van der Waals surface area contributed by atoms with Gasteiger partial charge in [-0.2, -0.15) is 0 Å². The lowest BCUT2D eigenvalue weighted by molar-refractivity contribution is -0.125. The maximum absolute atomic E-state index is 13.6. The molecule has 0 aliphatic carbocycles. The third-order valence-corrected chi connectivity index (χ3v) is 3.26. The Bertz CT molecular complexity index is 700. The van der Waals surface area contributed by atoms with Crippen molar-refractivity contribution in [2.75, 3.05) is 5.73 Å². The number of amides is 1. The van der Waals surface area contributed by atoms with E-state index in [-0.39, 0.29) is 23.2 Å². The fourth-order valence-electron chi connectivity index (χ4n) is 2.24. The summed E-state index contributed by atoms with van der Waals surface area (Å²) in [5, 5.41) is 2.91. The molecular weight excluding hydrogens is 271 g/mol. The SMILES string of the molecule is Cc1cc2c(cc1F)nc(N)n2C(C)C(=O)NC(C)(C)C. The van der Waals surface area contributed by atoms with Gasteiger partial charge >= 0.3 is 0 Å². The second kappa shape index (κ2) is 5.02. The molecule has 1 aromatic carbocycles. The summed E-state index contributed by atoms with van der Waals surface area (Å²) in [6.07, 6.45) is 0. The fraction of sp³-hybridized carbons (Fsp3) is 0.467. The van der Waals surface area contributed by atoms with Crippen molar-refractivity contribution in [3.8, 4) is 0 Å². The minimum atomic E-state index is -0.529. The number of nitrogens with zero attached hydrogens (tertiary/aromatic N) is 2. The van der Waals surface area contributed by atoms with Crippen molar-refractivity contribution in [3.63, 3.8) is 0 Å². The normalized spacial score (nSPS) is 13.4. The summed E-state index contributed by atoms with van der Waals surface area (Å²) in [4.78, 5) is 16.5. The Kier molecular flexibility index (Phi) is 3.65. The summed E-state index contributed by atoms with van der Waals surface area (Å²) in [6.45, 7) is 9.14. The van der Waals surface area contributed by atoms with E-state index in [4.69, 9.17) is 5.73 Å². The van der Waals surface area contributed by atoms with Crippen LogP contribution in [0, 0.1) is 12.7 Å². The Balaban J connectivity index is 2.48. The number of nitrogens with one attached hydrogen (secondary N) is 1. The number of nitrogen functional groups attached to an aromatic ring is 1. The van der Waals surface area contributed by atoms with E-state index in [9.17, 15) is 9.18 Å². The van der Waals surface area contributed by atoms with Gasteiger partial charge in [0.25, 0.3) is 0 Å². The molecule has 3 N–H and O–H groups in total. The third kappa shape index (κ3) is 2.99. The zero-order valence-electron chi connectivity index (χ0n) is 13.0. The molecule has 1 amide bonds. The predicted octanol–water partition coefficient (Wildman–Crippen LogP) is 2.54. The molecule has 2 rings (SSSR count). The average molecular weight is 292 g/mol.